The largest absolute Gasteiger partial charge is 0.329 e. The van der Waals surface area contributed by atoms with Crippen LogP contribution in [0.3, 0.4) is 0 Å². The molecule has 0 aliphatic carbocycles. The number of terminal acetylenes is 1. The summed E-state index contributed by atoms with van der Waals surface area (Å²) in [6.07, 6.45) is 5.98. The Labute approximate surface area is 109 Å². The van der Waals surface area contributed by atoms with Gasteiger partial charge in [-0.3, -0.25) is 0 Å². The van der Waals surface area contributed by atoms with Crippen LogP contribution < -0.4 is 11.1 Å². The molecule has 3 heteroatoms. The summed E-state index contributed by atoms with van der Waals surface area (Å²) in [5.41, 5.74) is 6.01. The number of hydrogen-bond acceptors (Lipinski definition) is 3. The molecule has 2 nitrogen and oxygen atoms in total. The summed E-state index contributed by atoms with van der Waals surface area (Å²) in [6.45, 7) is 8.11. The third-order valence-corrected chi connectivity index (χ3v) is 4.23. The second-order valence-corrected chi connectivity index (χ2v) is 6.26. The van der Waals surface area contributed by atoms with Crippen molar-refractivity contribution in [3.05, 3.63) is 21.9 Å². The minimum absolute atomic E-state index is 0.209. The third kappa shape index (κ3) is 4.16. The Hall–Kier alpha value is -0.820. The summed E-state index contributed by atoms with van der Waals surface area (Å²) in [4.78, 5) is 2.69. The Morgan fingerprint density at radius 3 is 2.65 bits per heavy atom. The van der Waals surface area contributed by atoms with Gasteiger partial charge in [0.25, 0.3) is 0 Å². The van der Waals surface area contributed by atoms with E-state index in [1.165, 1.54) is 9.75 Å². The summed E-state index contributed by atoms with van der Waals surface area (Å²) in [5.74, 6) is 2.63. The SMILES string of the molecule is C#CCCNC(CN)c1ccc(C(C)(C)C)s1. The summed E-state index contributed by atoms with van der Waals surface area (Å²) in [6, 6.07) is 4.60. The van der Waals surface area contributed by atoms with E-state index >= 15 is 0 Å². The molecule has 1 aromatic heterocycles. The fraction of sp³-hybridized carbons (Fsp3) is 0.571. The molecule has 0 aliphatic rings. The molecular weight excluding hydrogens is 228 g/mol. The van der Waals surface area contributed by atoms with Crippen LogP contribution in [0.4, 0.5) is 0 Å². The van der Waals surface area contributed by atoms with Gasteiger partial charge < -0.3 is 11.1 Å². The van der Waals surface area contributed by atoms with Gasteiger partial charge in [-0.05, 0) is 17.5 Å². The van der Waals surface area contributed by atoms with Crippen molar-refractivity contribution in [2.75, 3.05) is 13.1 Å². The maximum absolute atomic E-state index is 5.80. The van der Waals surface area contributed by atoms with Gasteiger partial charge >= 0.3 is 0 Å². The predicted octanol–water partition coefficient (Wildman–Crippen LogP) is 2.66. The fourth-order valence-corrected chi connectivity index (χ4v) is 2.72. The van der Waals surface area contributed by atoms with Crippen molar-refractivity contribution in [3.8, 4) is 12.3 Å². The Morgan fingerprint density at radius 1 is 1.47 bits per heavy atom. The van der Waals surface area contributed by atoms with Gasteiger partial charge in [0.1, 0.15) is 0 Å². The molecule has 1 heterocycles. The van der Waals surface area contributed by atoms with E-state index in [1.54, 1.807) is 0 Å². The van der Waals surface area contributed by atoms with E-state index in [4.69, 9.17) is 12.2 Å². The van der Waals surface area contributed by atoms with E-state index in [0.29, 0.717) is 6.54 Å². The van der Waals surface area contributed by atoms with Crippen molar-refractivity contribution in [3.63, 3.8) is 0 Å². The lowest BCUT2D eigenvalue weighted by Crippen LogP contribution is -2.28. The number of thiophene rings is 1. The van der Waals surface area contributed by atoms with Crippen molar-refractivity contribution in [2.45, 2.75) is 38.6 Å². The minimum Gasteiger partial charge on any atom is -0.329 e. The number of rotatable bonds is 5. The van der Waals surface area contributed by atoms with Crippen LogP contribution in [0, 0.1) is 12.3 Å². The van der Waals surface area contributed by atoms with Gasteiger partial charge in [-0.1, -0.05) is 20.8 Å². The first-order chi connectivity index (χ1) is 7.99. The molecule has 0 radical (unpaired) electrons. The van der Waals surface area contributed by atoms with E-state index < -0.39 is 0 Å². The normalized spacial score (nSPS) is 13.4. The van der Waals surface area contributed by atoms with Crippen molar-refractivity contribution >= 4 is 11.3 Å². The maximum atomic E-state index is 5.80. The van der Waals surface area contributed by atoms with Crippen molar-refractivity contribution in [1.29, 1.82) is 0 Å². The first kappa shape index (κ1) is 14.2. The first-order valence-electron chi connectivity index (χ1n) is 5.96. The van der Waals surface area contributed by atoms with Crippen LogP contribution in [0.25, 0.3) is 0 Å². The average molecular weight is 250 g/mol. The van der Waals surface area contributed by atoms with E-state index in [2.05, 4.69) is 44.1 Å². The van der Waals surface area contributed by atoms with E-state index in [-0.39, 0.29) is 11.5 Å². The molecule has 1 atom stereocenters. The Kier molecular flexibility index (Phi) is 5.20. The van der Waals surface area contributed by atoms with E-state index in [0.717, 1.165) is 13.0 Å². The first-order valence-corrected chi connectivity index (χ1v) is 6.78. The molecule has 0 amide bonds. The molecule has 0 spiro atoms. The van der Waals surface area contributed by atoms with E-state index in [9.17, 15) is 0 Å². The van der Waals surface area contributed by atoms with Gasteiger partial charge in [-0.25, -0.2) is 0 Å². The van der Waals surface area contributed by atoms with Crippen LogP contribution in [-0.2, 0) is 5.41 Å². The van der Waals surface area contributed by atoms with Crippen LogP contribution in [0.5, 0.6) is 0 Å². The highest BCUT2D eigenvalue weighted by Crippen LogP contribution is 2.32. The molecule has 0 aliphatic heterocycles. The van der Waals surface area contributed by atoms with E-state index in [1.807, 2.05) is 11.3 Å². The zero-order chi connectivity index (χ0) is 12.9. The summed E-state index contributed by atoms with van der Waals surface area (Å²) in [7, 11) is 0. The molecule has 94 valence electrons. The highest BCUT2D eigenvalue weighted by atomic mass is 32.1. The number of hydrogen-bond donors (Lipinski definition) is 2. The molecule has 1 rings (SSSR count). The number of nitrogens with one attached hydrogen (secondary N) is 1. The lowest BCUT2D eigenvalue weighted by molar-refractivity contribution is 0.558. The van der Waals surface area contributed by atoms with Crippen molar-refractivity contribution in [2.24, 2.45) is 5.73 Å². The zero-order valence-electron chi connectivity index (χ0n) is 10.9. The Balaban J connectivity index is 2.70. The molecule has 1 unspecified atom stereocenters. The summed E-state index contributed by atoms with van der Waals surface area (Å²) < 4.78 is 0. The summed E-state index contributed by atoms with van der Waals surface area (Å²) >= 11 is 1.84. The Morgan fingerprint density at radius 2 is 2.18 bits per heavy atom. The lowest BCUT2D eigenvalue weighted by Gasteiger charge is -2.17. The lowest BCUT2D eigenvalue weighted by atomic mass is 9.95. The monoisotopic (exact) mass is 250 g/mol. The Bertz CT molecular complexity index is 382. The van der Waals surface area contributed by atoms with Crippen LogP contribution in [0.2, 0.25) is 0 Å². The second kappa shape index (κ2) is 6.20. The maximum Gasteiger partial charge on any atom is 0.0539 e. The molecule has 17 heavy (non-hydrogen) atoms. The standard InChI is InChI=1S/C14H22N2S/c1-5-6-9-16-11(10-15)12-7-8-13(17-12)14(2,3)4/h1,7-8,11,16H,6,9-10,15H2,2-4H3. The topological polar surface area (TPSA) is 38.0 Å². The second-order valence-electron chi connectivity index (χ2n) is 5.15. The van der Waals surface area contributed by atoms with Crippen molar-refractivity contribution in [1.82, 2.24) is 5.32 Å². The van der Waals surface area contributed by atoms with Crippen LogP contribution >= 0.6 is 11.3 Å². The van der Waals surface area contributed by atoms with Gasteiger partial charge in [-0.2, -0.15) is 0 Å². The fourth-order valence-electron chi connectivity index (χ4n) is 1.56. The molecule has 0 fully saturated rings. The van der Waals surface area contributed by atoms with Gasteiger partial charge in [0.05, 0.1) is 6.04 Å². The van der Waals surface area contributed by atoms with Gasteiger partial charge in [-0.15, -0.1) is 23.7 Å². The van der Waals surface area contributed by atoms with Crippen LogP contribution in [-0.4, -0.2) is 13.1 Å². The zero-order valence-corrected chi connectivity index (χ0v) is 11.7. The van der Waals surface area contributed by atoms with Crippen LogP contribution in [0.15, 0.2) is 12.1 Å². The molecule has 3 N–H and O–H groups in total. The van der Waals surface area contributed by atoms with Gasteiger partial charge in [0.15, 0.2) is 0 Å². The smallest absolute Gasteiger partial charge is 0.0539 e. The quantitative estimate of drug-likeness (QED) is 0.623. The highest BCUT2D eigenvalue weighted by molar-refractivity contribution is 7.12. The minimum atomic E-state index is 0.209. The predicted molar refractivity (Wildman–Crippen MR) is 76.3 cm³/mol. The van der Waals surface area contributed by atoms with Gasteiger partial charge in [0, 0.05) is 29.3 Å². The average Bonchev–Trinajstić information content (AvgIpc) is 2.73. The third-order valence-electron chi connectivity index (χ3n) is 2.61. The molecular formula is C14H22N2S. The highest BCUT2D eigenvalue weighted by Gasteiger charge is 2.18. The molecule has 0 saturated carbocycles. The molecule has 0 bridgehead atoms. The molecule has 0 aromatic carbocycles. The molecule has 0 saturated heterocycles. The summed E-state index contributed by atoms with van der Waals surface area (Å²) in [5, 5.41) is 3.39. The van der Waals surface area contributed by atoms with Crippen molar-refractivity contribution < 1.29 is 0 Å². The number of nitrogens with two attached hydrogens (primary N) is 1. The van der Waals surface area contributed by atoms with Crippen LogP contribution in [0.1, 0.15) is 43.0 Å². The van der Waals surface area contributed by atoms with Gasteiger partial charge in [0.2, 0.25) is 0 Å². The molecule has 1 aromatic rings.